The fraction of sp³-hybridized carbons (Fsp3) is 0.385. The van der Waals surface area contributed by atoms with E-state index in [0.717, 1.165) is 5.56 Å². The Hall–Kier alpha value is -1.84. The lowest BCUT2D eigenvalue weighted by Gasteiger charge is -2.24. The highest BCUT2D eigenvalue weighted by Crippen LogP contribution is 2.15. The van der Waals surface area contributed by atoms with E-state index in [0.29, 0.717) is 5.69 Å². The number of amides is 2. The van der Waals surface area contributed by atoms with Gasteiger partial charge in [0.15, 0.2) is 0 Å². The molecular formula is C13H18N2O2. The van der Waals surface area contributed by atoms with Crippen molar-refractivity contribution in [3.8, 4) is 0 Å². The maximum atomic E-state index is 12.0. The fourth-order valence-corrected chi connectivity index (χ4v) is 1.36. The fourth-order valence-electron chi connectivity index (χ4n) is 1.36. The number of aryl methyl sites for hydroxylation is 1. The summed E-state index contributed by atoms with van der Waals surface area (Å²) >= 11 is 0. The minimum absolute atomic E-state index is 0.135. The number of carbonyl (C=O) groups excluding carboxylic acids is 2. The van der Waals surface area contributed by atoms with Crippen LogP contribution in [0.25, 0.3) is 0 Å². The molecule has 4 heteroatoms. The number of hydrogen-bond donors (Lipinski definition) is 1. The van der Waals surface area contributed by atoms with E-state index in [1.165, 1.54) is 11.9 Å². The van der Waals surface area contributed by atoms with Gasteiger partial charge in [0, 0.05) is 12.8 Å². The van der Waals surface area contributed by atoms with E-state index in [-0.39, 0.29) is 17.7 Å². The summed E-state index contributed by atoms with van der Waals surface area (Å²) in [6, 6.07) is 7.42. The van der Waals surface area contributed by atoms with Crippen molar-refractivity contribution in [3.05, 3.63) is 29.8 Å². The highest BCUT2D eigenvalue weighted by Gasteiger charge is 2.19. The molecule has 1 rings (SSSR count). The highest BCUT2D eigenvalue weighted by molar-refractivity contribution is 5.96. The van der Waals surface area contributed by atoms with Gasteiger partial charge in [0.25, 0.3) is 0 Å². The van der Waals surface area contributed by atoms with Crippen LogP contribution < -0.4 is 10.4 Å². The van der Waals surface area contributed by atoms with Gasteiger partial charge in [-0.3, -0.25) is 15.0 Å². The summed E-state index contributed by atoms with van der Waals surface area (Å²) in [7, 11) is 0. The van der Waals surface area contributed by atoms with Crippen molar-refractivity contribution in [2.24, 2.45) is 5.92 Å². The maximum absolute atomic E-state index is 12.0. The predicted molar refractivity (Wildman–Crippen MR) is 67.3 cm³/mol. The third kappa shape index (κ3) is 3.59. The lowest BCUT2D eigenvalue weighted by atomic mass is 10.1. The molecule has 0 aliphatic carbocycles. The van der Waals surface area contributed by atoms with Crippen molar-refractivity contribution < 1.29 is 9.59 Å². The Labute approximate surface area is 102 Å². The van der Waals surface area contributed by atoms with Gasteiger partial charge in [-0.25, -0.2) is 5.01 Å². The molecule has 0 unspecified atom stereocenters. The van der Waals surface area contributed by atoms with E-state index in [4.69, 9.17) is 0 Å². The normalized spacial score (nSPS) is 10.2. The summed E-state index contributed by atoms with van der Waals surface area (Å²) in [5.41, 5.74) is 4.32. The Balaban J connectivity index is 3.01. The van der Waals surface area contributed by atoms with Gasteiger partial charge in [-0.05, 0) is 19.1 Å². The molecule has 0 bridgehead atoms. The zero-order chi connectivity index (χ0) is 13.0. The van der Waals surface area contributed by atoms with Crippen molar-refractivity contribution in [2.75, 3.05) is 5.01 Å². The summed E-state index contributed by atoms with van der Waals surface area (Å²) in [6.07, 6.45) is 0. The van der Waals surface area contributed by atoms with Crippen LogP contribution in [0.3, 0.4) is 0 Å². The number of rotatable bonds is 2. The van der Waals surface area contributed by atoms with E-state index in [2.05, 4.69) is 5.43 Å². The van der Waals surface area contributed by atoms with Gasteiger partial charge in [0.1, 0.15) is 0 Å². The summed E-state index contributed by atoms with van der Waals surface area (Å²) in [5.74, 6) is -0.577. The van der Waals surface area contributed by atoms with Gasteiger partial charge in [-0.15, -0.1) is 0 Å². The molecule has 1 aromatic rings. The number of carbonyl (C=O) groups is 2. The SMILES string of the molecule is CC(=O)NN(C(=O)C(C)C)c1ccc(C)cc1. The van der Waals surface area contributed by atoms with Crippen LogP contribution in [-0.2, 0) is 9.59 Å². The third-order valence-corrected chi connectivity index (χ3v) is 2.28. The molecule has 0 heterocycles. The largest absolute Gasteiger partial charge is 0.274 e. The molecule has 1 aromatic carbocycles. The van der Waals surface area contributed by atoms with Crippen LogP contribution in [0, 0.1) is 12.8 Å². The molecule has 0 spiro atoms. The second-order valence-corrected chi connectivity index (χ2v) is 4.33. The molecule has 0 saturated heterocycles. The van der Waals surface area contributed by atoms with Crippen LogP contribution in [0.15, 0.2) is 24.3 Å². The number of hydrogen-bond acceptors (Lipinski definition) is 2. The predicted octanol–water partition coefficient (Wildman–Crippen LogP) is 2.04. The number of benzene rings is 1. The van der Waals surface area contributed by atoms with Crippen LogP contribution >= 0.6 is 0 Å². The Bertz CT molecular complexity index is 410. The molecule has 0 saturated carbocycles. The van der Waals surface area contributed by atoms with Crippen molar-refractivity contribution in [1.82, 2.24) is 5.43 Å². The Morgan fingerprint density at radius 2 is 1.71 bits per heavy atom. The summed E-state index contributed by atoms with van der Waals surface area (Å²) < 4.78 is 0. The van der Waals surface area contributed by atoms with Crippen LogP contribution in [0.2, 0.25) is 0 Å². The molecule has 0 fully saturated rings. The lowest BCUT2D eigenvalue weighted by Crippen LogP contribution is -2.47. The van der Waals surface area contributed by atoms with E-state index >= 15 is 0 Å². The van der Waals surface area contributed by atoms with E-state index in [9.17, 15) is 9.59 Å². The van der Waals surface area contributed by atoms with Crippen LogP contribution in [0.4, 0.5) is 5.69 Å². The average Bonchev–Trinajstić information content (AvgIpc) is 2.26. The summed E-state index contributed by atoms with van der Waals surface area (Å²) in [6.45, 7) is 6.95. The van der Waals surface area contributed by atoms with Gasteiger partial charge >= 0.3 is 0 Å². The number of nitrogens with zero attached hydrogens (tertiary/aromatic N) is 1. The van der Waals surface area contributed by atoms with Crippen LogP contribution in [0.5, 0.6) is 0 Å². The second kappa shape index (κ2) is 5.48. The smallest absolute Gasteiger partial charge is 0.248 e. The average molecular weight is 234 g/mol. The van der Waals surface area contributed by atoms with Crippen molar-refractivity contribution in [2.45, 2.75) is 27.7 Å². The Morgan fingerprint density at radius 1 is 1.18 bits per heavy atom. The van der Waals surface area contributed by atoms with Crippen molar-refractivity contribution >= 4 is 17.5 Å². The quantitative estimate of drug-likeness (QED) is 0.796. The first-order valence-corrected chi connectivity index (χ1v) is 5.59. The number of anilines is 1. The Morgan fingerprint density at radius 3 is 2.12 bits per heavy atom. The molecule has 17 heavy (non-hydrogen) atoms. The molecule has 0 aliphatic heterocycles. The number of hydrazine groups is 1. The number of nitrogens with one attached hydrogen (secondary N) is 1. The van der Waals surface area contributed by atoms with E-state index in [1.54, 1.807) is 13.8 Å². The highest BCUT2D eigenvalue weighted by atomic mass is 16.2. The summed E-state index contributed by atoms with van der Waals surface area (Å²) in [4.78, 5) is 23.1. The molecule has 92 valence electrons. The second-order valence-electron chi connectivity index (χ2n) is 4.33. The molecule has 2 amide bonds. The first-order valence-electron chi connectivity index (χ1n) is 5.59. The van der Waals surface area contributed by atoms with Crippen LogP contribution in [-0.4, -0.2) is 11.8 Å². The first kappa shape index (κ1) is 13.2. The third-order valence-electron chi connectivity index (χ3n) is 2.28. The van der Waals surface area contributed by atoms with E-state index in [1.807, 2.05) is 31.2 Å². The minimum atomic E-state index is -0.264. The molecule has 0 radical (unpaired) electrons. The topological polar surface area (TPSA) is 49.4 Å². The molecule has 4 nitrogen and oxygen atoms in total. The molecule has 1 N–H and O–H groups in total. The lowest BCUT2D eigenvalue weighted by molar-refractivity contribution is -0.126. The maximum Gasteiger partial charge on any atom is 0.248 e. The van der Waals surface area contributed by atoms with Gasteiger partial charge in [0.05, 0.1) is 5.69 Å². The van der Waals surface area contributed by atoms with Crippen molar-refractivity contribution in [1.29, 1.82) is 0 Å². The molecule has 0 aromatic heterocycles. The minimum Gasteiger partial charge on any atom is -0.274 e. The monoisotopic (exact) mass is 234 g/mol. The zero-order valence-corrected chi connectivity index (χ0v) is 10.7. The Kier molecular flexibility index (Phi) is 4.26. The van der Waals surface area contributed by atoms with Gasteiger partial charge in [-0.1, -0.05) is 31.5 Å². The standard InChI is InChI=1S/C13H18N2O2/c1-9(2)13(17)15(14-11(4)16)12-7-5-10(3)6-8-12/h5-9H,1-4H3,(H,14,16). The first-order chi connectivity index (χ1) is 7.91. The van der Waals surface area contributed by atoms with E-state index < -0.39 is 0 Å². The summed E-state index contributed by atoms with van der Waals surface area (Å²) in [5, 5.41) is 1.30. The molecule has 0 atom stereocenters. The van der Waals surface area contributed by atoms with Gasteiger partial charge in [-0.2, -0.15) is 0 Å². The van der Waals surface area contributed by atoms with Gasteiger partial charge < -0.3 is 0 Å². The van der Waals surface area contributed by atoms with Gasteiger partial charge in [0.2, 0.25) is 11.8 Å². The molecular weight excluding hydrogens is 216 g/mol. The van der Waals surface area contributed by atoms with Crippen molar-refractivity contribution in [3.63, 3.8) is 0 Å². The van der Waals surface area contributed by atoms with Crippen LogP contribution in [0.1, 0.15) is 26.3 Å². The zero-order valence-electron chi connectivity index (χ0n) is 10.7. The molecule has 0 aliphatic rings.